The van der Waals surface area contributed by atoms with E-state index in [0.717, 1.165) is 32.1 Å². The number of hydrogen-bond acceptors (Lipinski definition) is 4. The Balaban J connectivity index is 2.31. The molecule has 6 heteroatoms. The molecule has 0 aliphatic carbocycles. The number of methoxy groups -OCH3 is 1. The summed E-state index contributed by atoms with van der Waals surface area (Å²) in [6.07, 6.45) is 4.99. The fourth-order valence-corrected chi connectivity index (χ4v) is 3.31. The first-order valence-electron chi connectivity index (χ1n) is 6.71. The summed E-state index contributed by atoms with van der Waals surface area (Å²) in [5.41, 5.74) is 0.705. The van der Waals surface area contributed by atoms with E-state index in [9.17, 15) is 12.8 Å². The van der Waals surface area contributed by atoms with E-state index < -0.39 is 15.7 Å². The van der Waals surface area contributed by atoms with Crippen molar-refractivity contribution in [1.29, 1.82) is 0 Å². The van der Waals surface area contributed by atoms with E-state index in [-0.39, 0.29) is 4.90 Å². The van der Waals surface area contributed by atoms with Crippen LogP contribution in [0.25, 0.3) is 0 Å². The van der Waals surface area contributed by atoms with Gasteiger partial charge in [0.15, 0.2) is 9.84 Å². The van der Waals surface area contributed by atoms with Crippen molar-refractivity contribution in [2.24, 2.45) is 0 Å². The summed E-state index contributed by atoms with van der Waals surface area (Å²) in [6.45, 7) is 0.969. The number of hydrogen-bond donors (Lipinski definition) is 1. The van der Waals surface area contributed by atoms with E-state index in [4.69, 9.17) is 4.74 Å². The van der Waals surface area contributed by atoms with Crippen LogP contribution in [-0.2, 0) is 16.3 Å². The largest absolute Gasteiger partial charge is 0.496 e. The van der Waals surface area contributed by atoms with Crippen LogP contribution in [0.15, 0.2) is 17.0 Å². The smallest absolute Gasteiger partial charge is 0.178 e. The van der Waals surface area contributed by atoms with Crippen molar-refractivity contribution in [2.45, 2.75) is 36.6 Å². The van der Waals surface area contributed by atoms with Gasteiger partial charge in [-0.05, 0) is 37.4 Å². The average Bonchev–Trinajstić information content (AvgIpc) is 2.38. The topological polar surface area (TPSA) is 55.4 Å². The molecule has 0 spiro atoms. The van der Waals surface area contributed by atoms with Crippen molar-refractivity contribution in [3.05, 3.63) is 23.5 Å². The zero-order valence-electron chi connectivity index (χ0n) is 11.8. The normalized spacial score (nSPS) is 19.9. The molecule has 1 fully saturated rings. The molecule has 0 amide bonds. The average molecular weight is 301 g/mol. The molecule has 4 nitrogen and oxygen atoms in total. The maximum atomic E-state index is 14.0. The van der Waals surface area contributed by atoms with Crippen LogP contribution >= 0.6 is 0 Å². The molecule has 0 bridgehead atoms. The van der Waals surface area contributed by atoms with Crippen LogP contribution in [0.1, 0.15) is 24.8 Å². The highest BCUT2D eigenvalue weighted by Crippen LogP contribution is 2.28. The standard InChI is InChI=1S/C14H20FNO3S/c1-19-13-9-14(20(2,17)18)12(15)8-10(13)7-11-5-3-4-6-16-11/h8-9,11,16H,3-7H2,1-2H3. The van der Waals surface area contributed by atoms with Crippen molar-refractivity contribution in [3.8, 4) is 5.75 Å². The number of benzene rings is 1. The summed E-state index contributed by atoms with van der Waals surface area (Å²) >= 11 is 0. The molecule has 1 heterocycles. The fourth-order valence-electron chi connectivity index (χ4n) is 2.57. The second-order valence-corrected chi connectivity index (χ2v) is 7.20. The Labute approximate surface area is 119 Å². The van der Waals surface area contributed by atoms with Gasteiger partial charge in [0, 0.05) is 18.4 Å². The second kappa shape index (κ2) is 6.10. The molecule has 0 aromatic heterocycles. The lowest BCUT2D eigenvalue weighted by Crippen LogP contribution is -2.35. The van der Waals surface area contributed by atoms with Gasteiger partial charge in [0.05, 0.1) is 7.11 Å². The van der Waals surface area contributed by atoms with Gasteiger partial charge in [-0.15, -0.1) is 0 Å². The van der Waals surface area contributed by atoms with Gasteiger partial charge in [-0.2, -0.15) is 0 Å². The van der Waals surface area contributed by atoms with Crippen molar-refractivity contribution < 1.29 is 17.5 Å². The van der Waals surface area contributed by atoms with Crippen molar-refractivity contribution in [3.63, 3.8) is 0 Å². The first-order valence-corrected chi connectivity index (χ1v) is 8.61. The van der Waals surface area contributed by atoms with Crippen LogP contribution in [0.4, 0.5) is 4.39 Å². The number of ether oxygens (including phenoxy) is 1. The van der Waals surface area contributed by atoms with Gasteiger partial charge in [-0.25, -0.2) is 12.8 Å². The quantitative estimate of drug-likeness (QED) is 0.923. The molecule has 1 saturated heterocycles. The maximum absolute atomic E-state index is 14.0. The Bertz CT molecular complexity index is 580. The van der Waals surface area contributed by atoms with E-state index in [2.05, 4.69) is 5.32 Å². The summed E-state index contributed by atoms with van der Waals surface area (Å²) in [5.74, 6) is -0.279. The number of piperidine rings is 1. The summed E-state index contributed by atoms with van der Waals surface area (Å²) in [7, 11) is -2.12. The monoisotopic (exact) mass is 301 g/mol. The summed E-state index contributed by atoms with van der Waals surface area (Å²) < 4.78 is 42.2. The second-order valence-electron chi connectivity index (χ2n) is 5.22. The van der Waals surface area contributed by atoms with Gasteiger partial charge in [0.1, 0.15) is 16.5 Å². The Kier molecular flexibility index (Phi) is 4.65. The Morgan fingerprint density at radius 3 is 2.70 bits per heavy atom. The minimum Gasteiger partial charge on any atom is -0.496 e. The molecule has 1 aliphatic rings. The minimum absolute atomic E-state index is 0.293. The van der Waals surface area contributed by atoms with Gasteiger partial charge in [0.25, 0.3) is 0 Å². The lowest BCUT2D eigenvalue weighted by molar-refractivity contribution is 0.379. The van der Waals surface area contributed by atoms with E-state index in [1.807, 2.05) is 0 Å². The van der Waals surface area contributed by atoms with Crippen LogP contribution in [0.3, 0.4) is 0 Å². The highest BCUT2D eigenvalue weighted by molar-refractivity contribution is 7.90. The van der Waals surface area contributed by atoms with Gasteiger partial charge < -0.3 is 10.1 Å². The van der Waals surface area contributed by atoms with E-state index in [0.29, 0.717) is 23.8 Å². The number of halogens is 1. The van der Waals surface area contributed by atoms with Crippen LogP contribution in [0.5, 0.6) is 5.75 Å². The Morgan fingerprint density at radius 2 is 2.15 bits per heavy atom. The van der Waals surface area contributed by atoms with E-state index in [1.54, 1.807) is 0 Å². The third kappa shape index (κ3) is 3.49. The zero-order valence-corrected chi connectivity index (χ0v) is 12.6. The van der Waals surface area contributed by atoms with Crippen LogP contribution in [0, 0.1) is 5.82 Å². The Hall–Kier alpha value is -1.14. The van der Waals surface area contributed by atoms with Crippen LogP contribution in [-0.4, -0.2) is 34.4 Å². The molecule has 1 atom stereocenters. The molecule has 1 aromatic rings. The van der Waals surface area contributed by atoms with Gasteiger partial charge in [-0.1, -0.05) is 6.42 Å². The predicted octanol–water partition coefficient (Wildman–Crippen LogP) is 1.92. The highest BCUT2D eigenvalue weighted by Gasteiger charge is 2.20. The lowest BCUT2D eigenvalue weighted by Gasteiger charge is -2.24. The highest BCUT2D eigenvalue weighted by atomic mass is 32.2. The maximum Gasteiger partial charge on any atom is 0.178 e. The van der Waals surface area contributed by atoms with Crippen LogP contribution in [0.2, 0.25) is 0 Å². The number of nitrogens with one attached hydrogen (secondary N) is 1. The van der Waals surface area contributed by atoms with Crippen molar-refractivity contribution >= 4 is 9.84 Å². The van der Waals surface area contributed by atoms with Crippen molar-refractivity contribution in [2.75, 3.05) is 19.9 Å². The molecule has 1 aliphatic heterocycles. The van der Waals surface area contributed by atoms with E-state index in [1.165, 1.54) is 19.2 Å². The molecule has 1 N–H and O–H groups in total. The van der Waals surface area contributed by atoms with E-state index >= 15 is 0 Å². The van der Waals surface area contributed by atoms with Gasteiger partial charge in [-0.3, -0.25) is 0 Å². The first kappa shape index (κ1) is 15.3. The molecular weight excluding hydrogens is 281 g/mol. The van der Waals surface area contributed by atoms with Crippen molar-refractivity contribution in [1.82, 2.24) is 5.32 Å². The van der Waals surface area contributed by atoms with Gasteiger partial charge >= 0.3 is 0 Å². The molecule has 0 saturated carbocycles. The predicted molar refractivity (Wildman–Crippen MR) is 75.4 cm³/mol. The molecule has 20 heavy (non-hydrogen) atoms. The minimum atomic E-state index is -3.59. The zero-order chi connectivity index (χ0) is 14.8. The summed E-state index contributed by atoms with van der Waals surface area (Å²) in [4.78, 5) is -0.310. The lowest BCUT2D eigenvalue weighted by atomic mass is 9.97. The molecule has 2 rings (SSSR count). The molecule has 1 unspecified atom stereocenters. The number of sulfone groups is 1. The third-order valence-electron chi connectivity index (χ3n) is 3.61. The molecule has 0 radical (unpaired) electrons. The number of rotatable bonds is 4. The molecular formula is C14H20FNO3S. The third-order valence-corrected chi connectivity index (χ3v) is 4.72. The van der Waals surface area contributed by atoms with Crippen LogP contribution < -0.4 is 10.1 Å². The molecule has 112 valence electrons. The summed E-state index contributed by atoms with van der Waals surface area (Å²) in [6, 6.07) is 2.86. The molecule has 1 aromatic carbocycles. The first-order chi connectivity index (χ1) is 9.41. The van der Waals surface area contributed by atoms with Gasteiger partial charge in [0.2, 0.25) is 0 Å². The Morgan fingerprint density at radius 1 is 1.40 bits per heavy atom. The summed E-state index contributed by atoms with van der Waals surface area (Å²) in [5, 5.41) is 3.39. The SMILES string of the molecule is COc1cc(S(C)(=O)=O)c(F)cc1CC1CCCCN1. The fraction of sp³-hybridized carbons (Fsp3) is 0.571.